The lowest BCUT2D eigenvalue weighted by atomic mass is 9.94. The van der Waals surface area contributed by atoms with Crippen LogP contribution < -0.4 is 4.74 Å². The van der Waals surface area contributed by atoms with Gasteiger partial charge in [0.2, 0.25) is 0 Å². The van der Waals surface area contributed by atoms with Gasteiger partial charge in [-0.25, -0.2) is 0 Å². The smallest absolute Gasteiger partial charge is 0.124 e. The molecule has 1 aromatic rings. The van der Waals surface area contributed by atoms with E-state index in [1.807, 2.05) is 25.1 Å². The van der Waals surface area contributed by atoms with E-state index in [4.69, 9.17) is 4.74 Å². The van der Waals surface area contributed by atoms with Crippen molar-refractivity contribution in [3.8, 4) is 5.75 Å². The van der Waals surface area contributed by atoms with E-state index in [9.17, 15) is 5.11 Å². The van der Waals surface area contributed by atoms with Crippen LogP contribution in [0.25, 0.3) is 0 Å². The molecular weight excluding hydrogens is 212 g/mol. The summed E-state index contributed by atoms with van der Waals surface area (Å²) in [6.45, 7) is 2.04. The van der Waals surface area contributed by atoms with E-state index in [2.05, 4.69) is 0 Å². The predicted octanol–water partition coefficient (Wildman–Crippen LogP) is 3.62. The van der Waals surface area contributed by atoms with Gasteiger partial charge in [0.1, 0.15) is 5.75 Å². The molecule has 0 radical (unpaired) electrons. The first-order valence-electron chi connectivity index (χ1n) is 6.53. The number of rotatable bonds is 4. The molecule has 0 bridgehead atoms. The Labute approximate surface area is 104 Å². The SMILES string of the molecule is COc1cc(C)ccc1C(O)CC1CCCC1. The number of hydrogen-bond donors (Lipinski definition) is 1. The average molecular weight is 234 g/mol. The minimum atomic E-state index is -0.381. The highest BCUT2D eigenvalue weighted by atomic mass is 16.5. The van der Waals surface area contributed by atoms with Gasteiger partial charge in [0.25, 0.3) is 0 Å². The van der Waals surface area contributed by atoms with Gasteiger partial charge in [-0.3, -0.25) is 0 Å². The van der Waals surface area contributed by atoms with Crippen LogP contribution >= 0.6 is 0 Å². The van der Waals surface area contributed by atoms with E-state index in [0.717, 1.165) is 17.7 Å². The number of aliphatic hydroxyl groups excluding tert-OH is 1. The topological polar surface area (TPSA) is 29.5 Å². The zero-order valence-electron chi connectivity index (χ0n) is 10.8. The average Bonchev–Trinajstić information content (AvgIpc) is 2.81. The second-order valence-corrected chi connectivity index (χ2v) is 5.15. The van der Waals surface area contributed by atoms with Crippen molar-refractivity contribution in [3.05, 3.63) is 29.3 Å². The van der Waals surface area contributed by atoms with Gasteiger partial charge in [-0.15, -0.1) is 0 Å². The Kier molecular flexibility index (Phi) is 4.06. The molecule has 2 rings (SSSR count). The van der Waals surface area contributed by atoms with Crippen molar-refractivity contribution in [3.63, 3.8) is 0 Å². The molecule has 1 N–H and O–H groups in total. The molecule has 0 aliphatic heterocycles. The first kappa shape index (κ1) is 12.4. The van der Waals surface area contributed by atoms with Gasteiger partial charge in [-0.1, -0.05) is 37.8 Å². The van der Waals surface area contributed by atoms with Gasteiger partial charge in [0.15, 0.2) is 0 Å². The molecule has 1 aliphatic carbocycles. The normalized spacial score (nSPS) is 18.3. The summed E-state index contributed by atoms with van der Waals surface area (Å²) in [5, 5.41) is 10.3. The Morgan fingerprint density at radius 1 is 1.35 bits per heavy atom. The number of aliphatic hydroxyl groups is 1. The number of benzene rings is 1. The number of methoxy groups -OCH3 is 1. The van der Waals surface area contributed by atoms with Crippen LogP contribution in [0, 0.1) is 12.8 Å². The summed E-state index contributed by atoms with van der Waals surface area (Å²) in [4.78, 5) is 0. The van der Waals surface area contributed by atoms with Crippen LogP contribution in [0.5, 0.6) is 5.75 Å². The zero-order chi connectivity index (χ0) is 12.3. The summed E-state index contributed by atoms with van der Waals surface area (Å²) in [6.07, 6.45) is 5.68. The van der Waals surface area contributed by atoms with Gasteiger partial charge < -0.3 is 9.84 Å². The van der Waals surface area contributed by atoms with Crippen LogP contribution in [0.2, 0.25) is 0 Å². The van der Waals surface area contributed by atoms with Gasteiger partial charge in [-0.05, 0) is 30.9 Å². The fourth-order valence-electron chi connectivity index (χ4n) is 2.78. The lowest BCUT2D eigenvalue weighted by Gasteiger charge is -2.18. The van der Waals surface area contributed by atoms with Crippen LogP contribution in [-0.2, 0) is 0 Å². The maximum absolute atomic E-state index is 10.3. The highest BCUT2D eigenvalue weighted by Gasteiger charge is 2.21. The van der Waals surface area contributed by atoms with E-state index in [0.29, 0.717) is 5.92 Å². The van der Waals surface area contributed by atoms with Crippen molar-refractivity contribution >= 4 is 0 Å². The molecule has 1 unspecified atom stereocenters. The lowest BCUT2D eigenvalue weighted by Crippen LogP contribution is -2.06. The molecule has 0 spiro atoms. The molecule has 0 aromatic heterocycles. The summed E-state index contributed by atoms with van der Waals surface area (Å²) >= 11 is 0. The van der Waals surface area contributed by atoms with Crippen LogP contribution in [0.15, 0.2) is 18.2 Å². The third-order valence-electron chi connectivity index (χ3n) is 3.78. The minimum Gasteiger partial charge on any atom is -0.496 e. The first-order chi connectivity index (χ1) is 8.20. The molecule has 94 valence electrons. The fraction of sp³-hybridized carbons (Fsp3) is 0.600. The predicted molar refractivity (Wildman–Crippen MR) is 69.3 cm³/mol. The largest absolute Gasteiger partial charge is 0.496 e. The summed E-state index contributed by atoms with van der Waals surface area (Å²) in [7, 11) is 1.67. The molecule has 1 aliphatic rings. The van der Waals surface area contributed by atoms with E-state index in [1.165, 1.54) is 31.2 Å². The maximum Gasteiger partial charge on any atom is 0.124 e. The molecule has 1 saturated carbocycles. The van der Waals surface area contributed by atoms with Crippen LogP contribution in [0.3, 0.4) is 0 Å². The number of ether oxygens (including phenoxy) is 1. The summed E-state index contributed by atoms with van der Waals surface area (Å²) in [6, 6.07) is 6.02. The van der Waals surface area contributed by atoms with Crippen molar-refractivity contribution in [1.82, 2.24) is 0 Å². The van der Waals surface area contributed by atoms with E-state index >= 15 is 0 Å². The first-order valence-corrected chi connectivity index (χ1v) is 6.53. The number of aryl methyl sites for hydroxylation is 1. The molecule has 1 atom stereocenters. The Balaban J connectivity index is 2.09. The molecule has 0 amide bonds. The summed E-state index contributed by atoms with van der Waals surface area (Å²) in [5.74, 6) is 1.51. The van der Waals surface area contributed by atoms with E-state index < -0.39 is 0 Å². The molecule has 0 heterocycles. The Morgan fingerprint density at radius 3 is 2.71 bits per heavy atom. The maximum atomic E-state index is 10.3. The standard InChI is InChI=1S/C15H22O2/c1-11-7-8-13(15(9-11)17-2)14(16)10-12-5-3-4-6-12/h7-9,12,14,16H,3-6,10H2,1-2H3. The van der Waals surface area contributed by atoms with Crippen molar-refractivity contribution < 1.29 is 9.84 Å². The van der Waals surface area contributed by atoms with Gasteiger partial charge >= 0.3 is 0 Å². The van der Waals surface area contributed by atoms with Crippen LogP contribution in [0.1, 0.15) is 49.3 Å². The van der Waals surface area contributed by atoms with Crippen molar-refractivity contribution in [1.29, 1.82) is 0 Å². The Morgan fingerprint density at radius 2 is 2.06 bits per heavy atom. The molecule has 1 fully saturated rings. The van der Waals surface area contributed by atoms with E-state index in [1.54, 1.807) is 7.11 Å². The highest BCUT2D eigenvalue weighted by molar-refractivity contribution is 5.38. The third kappa shape index (κ3) is 3.01. The Hall–Kier alpha value is -1.02. The molecule has 1 aromatic carbocycles. The van der Waals surface area contributed by atoms with Crippen LogP contribution in [0.4, 0.5) is 0 Å². The second kappa shape index (κ2) is 5.54. The van der Waals surface area contributed by atoms with E-state index in [-0.39, 0.29) is 6.10 Å². The van der Waals surface area contributed by atoms with Gasteiger partial charge in [0, 0.05) is 5.56 Å². The molecule has 2 nitrogen and oxygen atoms in total. The second-order valence-electron chi connectivity index (χ2n) is 5.15. The quantitative estimate of drug-likeness (QED) is 0.862. The molecule has 0 saturated heterocycles. The Bertz CT molecular complexity index is 367. The van der Waals surface area contributed by atoms with Gasteiger partial charge in [-0.2, -0.15) is 0 Å². The lowest BCUT2D eigenvalue weighted by molar-refractivity contribution is 0.141. The monoisotopic (exact) mass is 234 g/mol. The highest BCUT2D eigenvalue weighted by Crippen LogP contribution is 2.35. The molecular formula is C15H22O2. The molecule has 2 heteroatoms. The minimum absolute atomic E-state index is 0.381. The van der Waals surface area contributed by atoms with Crippen LogP contribution in [-0.4, -0.2) is 12.2 Å². The molecule has 17 heavy (non-hydrogen) atoms. The van der Waals surface area contributed by atoms with Crippen molar-refractivity contribution in [2.24, 2.45) is 5.92 Å². The third-order valence-corrected chi connectivity index (χ3v) is 3.78. The van der Waals surface area contributed by atoms with Crippen molar-refractivity contribution in [2.75, 3.05) is 7.11 Å². The fourth-order valence-corrected chi connectivity index (χ4v) is 2.78. The van der Waals surface area contributed by atoms with Crippen molar-refractivity contribution in [2.45, 2.75) is 45.1 Å². The van der Waals surface area contributed by atoms with Gasteiger partial charge in [0.05, 0.1) is 13.2 Å². The summed E-state index contributed by atoms with van der Waals surface area (Å²) < 4.78 is 5.35. The summed E-state index contributed by atoms with van der Waals surface area (Å²) in [5.41, 5.74) is 2.10. The number of hydrogen-bond acceptors (Lipinski definition) is 2. The zero-order valence-corrected chi connectivity index (χ0v) is 10.8.